The zero-order chi connectivity index (χ0) is 14.7. The van der Waals surface area contributed by atoms with Crippen LogP contribution >= 0.6 is 0 Å². The molecule has 1 aromatic carbocycles. The van der Waals surface area contributed by atoms with Crippen molar-refractivity contribution in [3.63, 3.8) is 0 Å². The van der Waals surface area contributed by atoms with Crippen molar-refractivity contribution in [3.05, 3.63) is 36.1 Å². The van der Waals surface area contributed by atoms with Crippen LogP contribution in [-0.2, 0) is 0 Å². The Kier molecular flexibility index (Phi) is 4.58. The van der Waals surface area contributed by atoms with E-state index in [2.05, 4.69) is 16.7 Å². The highest BCUT2D eigenvalue weighted by atomic mass is 16.4. The van der Waals surface area contributed by atoms with Crippen LogP contribution in [0.15, 0.2) is 34.7 Å². The first-order valence-corrected chi connectivity index (χ1v) is 7.87. The van der Waals surface area contributed by atoms with Crippen molar-refractivity contribution in [2.24, 2.45) is 0 Å². The van der Waals surface area contributed by atoms with E-state index in [9.17, 15) is 5.11 Å². The lowest BCUT2D eigenvalue weighted by Gasteiger charge is -2.34. The quantitative estimate of drug-likeness (QED) is 0.917. The number of aliphatic hydroxyl groups excluding tert-OH is 1. The number of piperazine rings is 1. The summed E-state index contributed by atoms with van der Waals surface area (Å²) in [4.78, 5) is 4.89. The molecule has 3 rings (SSSR count). The van der Waals surface area contributed by atoms with Gasteiger partial charge in [0.2, 0.25) is 0 Å². The number of aliphatic hydroxyl groups is 1. The third kappa shape index (κ3) is 3.46. The first-order chi connectivity index (χ1) is 10.3. The second kappa shape index (κ2) is 6.60. The van der Waals surface area contributed by atoms with Gasteiger partial charge in [0.05, 0.1) is 0 Å². The summed E-state index contributed by atoms with van der Waals surface area (Å²) >= 11 is 0. The topological polar surface area (TPSA) is 39.9 Å². The predicted molar refractivity (Wildman–Crippen MR) is 84.3 cm³/mol. The van der Waals surface area contributed by atoms with Crippen molar-refractivity contribution in [1.82, 2.24) is 9.80 Å². The van der Waals surface area contributed by atoms with Crippen LogP contribution in [0.4, 0.5) is 0 Å². The minimum absolute atomic E-state index is 0.512. The van der Waals surface area contributed by atoms with Gasteiger partial charge in [-0.25, -0.2) is 0 Å². The van der Waals surface area contributed by atoms with Crippen LogP contribution in [0, 0.1) is 0 Å². The van der Waals surface area contributed by atoms with E-state index in [1.165, 1.54) is 0 Å². The Morgan fingerprint density at radius 1 is 1.14 bits per heavy atom. The maximum Gasteiger partial charge on any atom is 0.134 e. The lowest BCUT2D eigenvalue weighted by atomic mass is 10.1. The van der Waals surface area contributed by atoms with E-state index in [0.717, 1.165) is 56.7 Å². The van der Waals surface area contributed by atoms with Gasteiger partial charge in [0.1, 0.15) is 17.4 Å². The maximum absolute atomic E-state index is 10.3. The second-order valence-corrected chi connectivity index (χ2v) is 5.77. The molecule has 1 saturated heterocycles. The normalized spacial score (nSPS) is 19.1. The molecular weight excluding hydrogens is 264 g/mol. The highest BCUT2D eigenvalue weighted by Crippen LogP contribution is 2.25. The number of furan rings is 1. The van der Waals surface area contributed by atoms with Crippen molar-refractivity contribution in [1.29, 1.82) is 0 Å². The van der Waals surface area contributed by atoms with E-state index < -0.39 is 6.10 Å². The Morgan fingerprint density at radius 2 is 1.86 bits per heavy atom. The summed E-state index contributed by atoms with van der Waals surface area (Å²) in [6.07, 6.45) is 0.216. The van der Waals surface area contributed by atoms with Gasteiger partial charge in [-0.2, -0.15) is 0 Å². The summed E-state index contributed by atoms with van der Waals surface area (Å²) in [7, 11) is 0. The molecule has 1 N–H and O–H groups in total. The number of rotatable bonds is 5. The number of nitrogens with zero attached hydrogens (tertiary/aromatic N) is 2. The minimum atomic E-state index is -0.512. The third-order valence-electron chi connectivity index (χ3n) is 4.40. The molecule has 0 bridgehead atoms. The van der Waals surface area contributed by atoms with Gasteiger partial charge in [0.25, 0.3) is 0 Å². The van der Waals surface area contributed by atoms with Gasteiger partial charge in [-0.3, -0.25) is 0 Å². The van der Waals surface area contributed by atoms with Crippen LogP contribution in [0.2, 0.25) is 0 Å². The first-order valence-electron chi connectivity index (χ1n) is 7.87. The minimum Gasteiger partial charge on any atom is -0.458 e. The molecule has 0 spiro atoms. The van der Waals surface area contributed by atoms with E-state index >= 15 is 0 Å². The van der Waals surface area contributed by atoms with Crippen LogP contribution in [-0.4, -0.2) is 54.2 Å². The zero-order valence-corrected chi connectivity index (χ0v) is 12.7. The molecule has 0 amide bonds. The maximum atomic E-state index is 10.3. The average molecular weight is 288 g/mol. The summed E-state index contributed by atoms with van der Waals surface area (Å²) in [5, 5.41) is 11.4. The fourth-order valence-electron chi connectivity index (χ4n) is 2.94. The Labute approximate surface area is 125 Å². The molecule has 1 atom stereocenters. The van der Waals surface area contributed by atoms with Gasteiger partial charge in [0.15, 0.2) is 0 Å². The molecule has 1 aliphatic heterocycles. The zero-order valence-electron chi connectivity index (χ0n) is 12.7. The van der Waals surface area contributed by atoms with Gasteiger partial charge < -0.3 is 19.3 Å². The summed E-state index contributed by atoms with van der Waals surface area (Å²) in [5.41, 5.74) is 0.850. The molecule has 4 heteroatoms. The number of hydrogen-bond donors (Lipinski definition) is 1. The van der Waals surface area contributed by atoms with Gasteiger partial charge in [0, 0.05) is 38.1 Å². The average Bonchev–Trinajstić information content (AvgIpc) is 2.97. The van der Waals surface area contributed by atoms with Gasteiger partial charge in [-0.05, 0) is 25.1 Å². The van der Waals surface area contributed by atoms with E-state index in [4.69, 9.17) is 4.42 Å². The third-order valence-corrected chi connectivity index (χ3v) is 4.40. The number of fused-ring (bicyclic) bond motifs is 1. The number of benzene rings is 1. The molecule has 0 aliphatic carbocycles. The van der Waals surface area contributed by atoms with Crippen LogP contribution in [0.1, 0.15) is 25.2 Å². The molecule has 0 radical (unpaired) electrons. The monoisotopic (exact) mass is 288 g/mol. The summed E-state index contributed by atoms with van der Waals surface area (Å²) in [5.74, 6) is 0.684. The van der Waals surface area contributed by atoms with E-state index in [-0.39, 0.29) is 0 Å². The second-order valence-electron chi connectivity index (χ2n) is 5.77. The van der Waals surface area contributed by atoms with Crippen molar-refractivity contribution in [3.8, 4) is 0 Å². The van der Waals surface area contributed by atoms with Gasteiger partial charge in [-0.1, -0.05) is 25.1 Å². The first kappa shape index (κ1) is 14.6. The summed E-state index contributed by atoms with van der Waals surface area (Å²) < 4.78 is 5.73. The molecular formula is C17H24N2O2. The molecule has 0 saturated carbocycles. The van der Waals surface area contributed by atoms with Crippen molar-refractivity contribution in [2.45, 2.75) is 19.4 Å². The van der Waals surface area contributed by atoms with Crippen LogP contribution < -0.4 is 0 Å². The molecule has 1 aliphatic rings. The Bertz CT molecular complexity index is 540. The Balaban J connectivity index is 1.53. The summed E-state index contributed by atoms with van der Waals surface area (Å²) in [6.45, 7) is 8.74. The van der Waals surface area contributed by atoms with Crippen LogP contribution in [0.3, 0.4) is 0 Å². The van der Waals surface area contributed by atoms with Crippen LogP contribution in [0.5, 0.6) is 0 Å². The van der Waals surface area contributed by atoms with E-state index in [1.807, 2.05) is 30.3 Å². The largest absolute Gasteiger partial charge is 0.458 e. The number of likely N-dealkylation sites (N-methyl/N-ethyl adjacent to an activating group) is 1. The molecule has 1 aromatic heterocycles. The number of hydrogen-bond acceptors (Lipinski definition) is 4. The lowest BCUT2D eigenvalue weighted by molar-refractivity contribution is 0.0954. The van der Waals surface area contributed by atoms with E-state index in [0.29, 0.717) is 5.76 Å². The Hall–Kier alpha value is -1.36. The van der Waals surface area contributed by atoms with Crippen molar-refractivity contribution in [2.75, 3.05) is 39.3 Å². The van der Waals surface area contributed by atoms with Gasteiger partial charge >= 0.3 is 0 Å². The smallest absolute Gasteiger partial charge is 0.134 e. The molecule has 21 heavy (non-hydrogen) atoms. The molecule has 1 fully saturated rings. The molecule has 2 aromatic rings. The molecule has 114 valence electrons. The van der Waals surface area contributed by atoms with E-state index in [1.54, 1.807) is 0 Å². The lowest BCUT2D eigenvalue weighted by Crippen LogP contribution is -2.46. The molecule has 4 nitrogen and oxygen atoms in total. The van der Waals surface area contributed by atoms with Crippen molar-refractivity contribution < 1.29 is 9.52 Å². The van der Waals surface area contributed by atoms with Gasteiger partial charge in [-0.15, -0.1) is 0 Å². The van der Waals surface area contributed by atoms with Crippen molar-refractivity contribution >= 4 is 11.0 Å². The molecule has 1 unspecified atom stereocenters. The molecule has 2 heterocycles. The fraction of sp³-hybridized carbons (Fsp3) is 0.529. The standard InChI is InChI=1S/C17H24N2O2/c1-2-18-9-11-19(12-10-18)8-7-15(20)17-13-14-5-3-4-6-16(14)21-17/h3-6,13,15,20H,2,7-12H2,1H3. The fourth-order valence-corrected chi connectivity index (χ4v) is 2.94. The number of para-hydroxylation sites is 1. The predicted octanol–water partition coefficient (Wildman–Crippen LogP) is 2.49. The highest BCUT2D eigenvalue weighted by Gasteiger charge is 2.18. The SMILES string of the molecule is CCN1CCN(CCC(O)c2cc3ccccc3o2)CC1. The summed E-state index contributed by atoms with van der Waals surface area (Å²) in [6, 6.07) is 9.85. The highest BCUT2D eigenvalue weighted by molar-refractivity contribution is 5.77. The Morgan fingerprint density at radius 3 is 2.57 bits per heavy atom. The van der Waals surface area contributed by atoms with Crippen LogP contribution in [0.25, 0.3) is 11.0 Å².